The van der Waals surface area contributed by atoms with Gasteiger partial charge < -0.3 is 14.8 Å². The Kier molecular flexibility index (Phi) is 6.03. The van der Waals surface area contributed by atoms with E-state index in [1.807, 2.05) is 31.2 Å². The van der Waals surface area contributed by atoms with Gasteiger partial charge in [0.05, 0.1) is 12.5 Å². The number of anilines is 1. The van der Waals surface area contributed by atoms with Crippen molar-refractivity contribution in [1.82, 2.24) is 4.90 Å². The highest BCUT2D eigenvalue weighted by Crippen LogP contribution is 2.58. The Balaban J connectivity index is 1.41. The molecule has 6 rings (SSSR count). The molecule has 0 aromatic heterocycles. The van der Waals surface area contributed by atoms with E-state index in [0.717, 1.165) is 18.4 Å². The van der Waals surface area contributed by atoms with Gasteiger partial charge in [0.25, 0.3) is 11.9 Å². The average molecular weight is 518 g/mol. The molecule has 2 fully saturated rings. The number of carbonyl (C=O) groups is 1. The minimum absolute atomic E-state index is 0.147. The molecule has 1 spiro atoms. The number of hydrogen-bond acceptors (Lipinski definition) is 6. The fraction of sp³-hybridized carbons (Fsp3) is 0.345. The predicted octanol–water partition coefficient (Wildman–Crippen LogP) is 4.86. The van der Waals surface area contributed by atoms with Crippen molar-refractivity contribution in [2.24, 2.45) is 0 Å². The van der Waals surface area contributed by atoms with Crippen molar-refractivity contribution < 1.29 is 23.6 Å². The second kappa shape index (κ2) is 9.40. The summed E-state index contributed by atoms with van der Waals surface area (Å²) in [6.45, 7) is 2.99. The number of amides is 1. The van der Waals surface area contributed by atoms with Crippen LogP contribution < -0.4 is 14.8 Å². The second-order valence-corrected chi connectivity index (χ2v) is 9.98. The van der Waals surface area contributed by atoms with Crippen LogP contribution in [-0.4, -0.2) is 41.0 Å². The van der Waals surface area contributed by atoms with Gasteiger partial charge in [-0.25, -0.2) is 4.39 Å². The SMILES string of the molecule is CCOc1cc([C@@H]2[C@@H]3CCCN3[C@@]3(C(=O)Nc4ccccc43)[C@@H]2[N+](=O)[O-])ccc1OCc1cccc(F)c1. The van der Waals surface area contributed by atoms with E-state index in [4.69, 9.17) is 9.47 Å². The van der Waals surface area contributed by atoms with E-state index in [0.29, 0.717) is 41.5 Å². The smallest absolute Gasteiger partial charge is 0.256 e. The molecule has 196 valence electrons. The monoisotopic (exact) mass is 517 g/mol. The van der Waals surface area contributed by atoms with E-state index in [9.17, 15) is 19.3 Å². The summed E-state index contributed by atoms with van der Waals surface area (Å²) in [5, 5.41) is 15.7. The second-order valence-electron chi connectivity index (χ2n) is 9.98. The molecular formula is C29H28FN3O5. The molecule has 0 aliphatic carbocycles. The zero-order chi connectivity index (χ0) is 26.4. The van der Waals surface area contributed by atoms with Crippen molar-refractivity contribution in [3.05, 3.63) is 99.4 Å². The Labute approximate surface area is 219 Å². The molecule has 3 aromatic rings. The predicted molar refractivity (Wildman–Crippen MR) is 138 cm³/mol. The summed E-state index contributed by atoms with van der Waals surface area (Å²) in [5.41, 5.74) is 1.34. The summed E-state index contributed by atoms with van der Waals surface area (Å²) in [4.78, 5) is 28.2. The van der Waals surface area contributed by atoms with Crippen LogP contribution in [0.3, 0.4) is 0 Å². The molecule has 3 aromatic carbocycles. The molecule has 1 amide bonds. The molecule has 4 atom stereocenters. The largest absolute Gasteiger partial charge is 0.490 e. The third-order valence-electron chi connectivity index (χ3n) is 8.03. The molecule has 3 aliphatic rings. The number of nitrogens with zero attached hydrogens (tertiary/aromatic N) is 2. The third kappa shape index (κ3) is 3.64. The number of rotatable bonds is 7. The van der Waals surface area contributed by atoms with Gasteiger partial charge in [0.2, 0.25) is 0 Å². The Morgan fingerprint density at radius 1 is 1.11 bits per heavy atom. The lowest BCUT2D eigenvalue weighted by Gasteiger charge is -2.32. The van der Waals surface area contributed by atoms with E-state index in [-0.39, 0.29) is 29.3 Å². The van der Waals surface area contributed by atoms with Crippen molar-refractivity contribution >= 4 is 11.6 Å². The zero-order valence-electron chi connectivity index (χ0n) is 20.9. The lowest BCUT2D eigenvalue weighted by atomic mass is 9.77. The van der Waals surface area contributed by atoms with Crippen molar-refractivity contribution in [1.29, 1.82) is 0 Å². The molecule has 0 bridgehead atoms. The summed E-state index contributed by atoms with van der Waals surface area (Å²) in [6, 6.07) is 17.5. The summed E-state index contributed by atoms with van der Waals surface area (Å²) in [6.07, 6.45) is 1.62. The minimum Gasteiger partial charge on any atom is -0.490 e. The van der Waals surface area contributed by atoms with Crippen molar-refractivity contribution in [3.63, 3.8) is 0 Å². The molecule has 0 saturated carbocycles. The Morgan fingerprint density at radius 2 is 1.95 bits per heavy atom. The number of nitro groups is 1. The first-order valence-electron chi connectivity index (χ1n) is 12.9. The third-order valence-corrected chi connectivity index (χ3v) is 8.03. The van der Waals surface area contributed by atoms with Crippen LogP contribution in [0.25, 0.3) is 0 Å². The number of hydrogen-bond donors (Lipinski definition) is 1. The van der Waals surface area contributed by atoms with Crippen LogP contribution >= 0.6 is 0 Å². The molecule has 0 radical (unpaired) electrons. The summed E-state index contributed by atoms with van der Waals surface area (Å²) in [7, 11) is 0. The van der Waals surface area contributed by atoms with Gasteiger partial charge >= 0.3 is 0 Å². The molecule has 38 heavy (non-hydrogen) atoms. The van der Waals surface area contributed by atoms with Gasteiger partial charge in [-0.15, -0.1) is 0 Å². The molecule has 2 saturated heterocycles. The Bertz CT molecular complexity index is 1410. The number of nitrogens with one attached hydrogen (secondary N) is 1. The van der Waals surface area contributed by atoms with Gasteiger partial charge in [-0.1, -0.05) is 36.4 Å². The maximum absolute atomic E-state index is 13.6. The fourth-order valence-electron chi connectivity index (χ4n) is 6.68. The lowest BCUT2D eigenvalue weighted by Crippen LogP contribution is -2.55. The van der Waals surface area contributed by atoms with Crippen LogP contribution in [0, 0.1) is 15.9 Å². The fourth-order valence-corrected chi connectivity index (χ4v) is 6.68. The van der Waals surface area contributed by atoms with Gasteiger partial charge in [0, 0.05) is 28.8 Å². The van der Waals surface area contributed by atoms with Gasteiger partial charge in [-0.2, -0.15) is 0 Å². The first-order chi connectivity index (χ1) is 18.4. The van der Waals surface area contributed by atoms with E-state index in [2.05, 4.69) is 10.2 Å². The Morgan fingerprint density at radius 3 is 2.74 bits per heavy atom. The van der Waals surface area contributed by atoms with Crippen molar-refractivity contribution in [2.45, 2.75) is 49.9 Å². The molecule has 1 N–H and O–H groups in total. The van der Waals surface area contributed by atoms with Gasteiger partial charge in [0.1, 0.15) is 12.4 Å². The maximum atomic E-state index is 13.6. The average Bonchev–Trinajstić information content (AvgIpc) is 3.56. The van der Waals surface area contributed by atoms with Gasteiger partial charge in [0.15, 0.2) is 17.0 Å². The van der Waals surface area contributed by atoms with Crippen LogP contribution in [0.4, 0.5) is 10.1 Å². The van der Waals surface area contributed by atoms with Crippen LogP contribution in [0.15, 0.2) is 66.7 Å². The van der Waals surface area contributed by atoms with Crippen LogP contribution in [0.2, 0.25) is 0 Å². The summed E-state index contributed by atoms with van der Waals surface area (Å²) >= 11 is 0. The van der Waals surface area contributed by atoms with E-state index in [1.54, 1.807) is 30.3 Å². The normalized spacial score (nSPS) is 25.7. The molecule has 9 heteroatoms. The number of fused-ring (bicyclic) bond motifs is 4. The lowest BCUT2D eigenvalue weighted by molar-refractivity contribution is -0.534. The highest BCUT2D eigenvalue weighted by molar-refractivity contribution is 6.07. The molecule has 0 unspecified atom stereocenters. The standard InChI is InChI=1S/C29H28FN3O5/c1-2-37-25-16-19(12-13-24(25)38-17-18-7-5-8-20(30)15-18)26-23-11-6-14-32(23)29(27(26)33(35)36)21-9-3-4-10-22(21)31-28(29)34/h3-5,7-10,12-13,15-16,23,26-27H,2,6,11,14,17H2,1H3,(H,31,34)/t23-,26+,27+,29+/m0/s1. The first-order valence-corrected chi connectivity index (χ1v) is 12.9. The quantitative estimate of drug-likeness (QED) is 0.356. The van der Waals surface area contributed by atoms with E-state index >= 15 is 0 Å². The zero-order valence-corrected chi connectivity index (χ0v) is 20.9. The van der Waals surface area contributed by atoms with Gasteiger partial charge in [-0.3, -0.25) is 19.8 Å². The highest BCUT2D eigenvalue weighted by atomic mass is 19.1. The van der Waals surface area contributed by atoms with Crippen LogP contribution in [0.5, 0.6) is 11.5 Å². The highest BCUT2D eigenvalue weighted by Gasteiger charge is 2.73. The number of ether oxygens (including phenoxy) is 2. The molecule has 3 heterocycles. The van der Waals surface area contributed by atoms with E-state index in [1.165, 1.54) is 12.1 Å². The van der Waals surface area contributed by atoms with Crippen LogP contribution in [-0.2, 0) is 16.9 Å². The number of halogens is 1. The molecule has 8 nitrogen and oxygen atoms in total. The van der Waals surface area contributed by atoms with Gasteiger partial charge in [-0.05, 0) is 61.2 Å². The maximum Gasteiger partial charge on any atom is 0.256 e. The Hall–Kier alpha value is -3.98. The van der Waals surface area contributed by atoms with Crippen molar-refractivity contribution in [2.75, 3.05) is 18.5 Å². The number of carbonyl (C=O) groups excluding carboxylic acids is 1. The summed E-state index contributed by atoms with van der Waals surface area (Å²) < 4.78 is 25.5. The van der Waals surface area contributed by atoms with Crippen molar-refractivity contribution in [3.8, 4) is 11.5 Å². The minimum atomic E-state index is -1.37. The topological polar surface area (TPSA) is 93.9 Å². The number of benzene rings is 3. The molecular weight excluding hydrogens is 489 g/mol. The molecule has 3 aliphatic heterocycles. The number of para-hydroxylation sites is 1. The van der Waals surface area contributed by atoms with E-state index < -0.39 is 17.5 Å². The first kappa shape index (κ1) is 24.4. The summed E-state index contributed by atoms with van der Waals surface area (Å²) in [5.74, 6) is -0.274. The van der Waals surface area contributed by atoms with Crippen LogP contribution in [0.1, 0.15) is 42.4 Å².